The van der Waals surface area contributed by atoms with Crippen LogP contribution in [0.3, 0.4) is 0 Å². The second kappa shape index (κ2) is 7.89. The van der Waals surface area contributed by atoms with Gasteiger partial charge in [-0.2, -0.15) is 8.42 Å². The maximum absolute atomic E-state index is 12.3. The minimum atomic E-state index is -4.43. The van der Waals surface area contributed by atoms with E-state index in [4.69, 9.17) is 9.39 Å². The second-order valence-electron chi connectivity index (χ2n) is 7.22. The van der Waals surface area contributed by atoms with Gasteiger partial charge in [0.15, 0.2) is 0 Å². The average Bonchev–Trinajstić information content (AvgIpc) is 3.09. The van der Waals surface area contributed by atoms with Crippen molar-refractivity contribution in [3.8, 4) is 0 Å². The van der Waals surface area contributed by atoms with Crippen LogP contribution in [0.5, 0.6) is 0 Å². The molecule has 5 N–H and O–H groups in total. The van der Waals surface area contributed by atoms with E-state index in [1.54, 1.807) is 0 Å². The predicted molar refractivity (Wildman–Crippen MR) is 98.1 cm³/mol. The van der Waals surface area contributed by atoms with Gasteiger partial charge in [-0.1, -0.05) is 11.8 Å². The molecule has 0 saturated carbocycles. The van der Waals surface area contributed by atoms with E-state index in [2.05, 4.69) is 5.32 Å². The zero-order valence-corrected chi connectivity index (χ0v) is 16.9. The number of amides is 1. The van der Waals surface area contributed by atoms with Crippen LogP contribution < -0.4 is 10.2 Å². The number of aliphatic hydroxyl groups excluding tert-OH is 1. The number of carbonyl (C=O) groups is 2. The molecule has 0 aromatic carbocycles. The fraction of sp³-hybridized carbons (Fsp3) is 0.733. The van der Waals surface area contributed by atoms with Crippen molar-refractivity contribution in [1.82, 2.24) is 15.1 Å². The topological polar surface area (TPSA) is 166 Å². The Balaban J connectivity index is 1.65. The molecule has 0 unspecified atom stereocenters. The first-order chi connectivity index (χ1) is 13.0. The number of nitrogens with one attached hydrogen (secondary N) is 2. The summed E-state index contributed by atoms with van der Waals surface area (Å²) in [5, 5.41) is 22.7. The molecule has 3 aliphatic rings. The lowest BCUT2D eigenvalue weighted by molar-refractivity contribution is -0.163. The van der Waals surface area contributed by atoms with Crippen LogP contribution in [0.15, 0.2) is 10.6 Å². The highest BCUT2D eigenvalue weighted by atomic mass is 32.2. The molecule has 0 radical (unpaired) electrons. The number of fused-ring (bicyclic) bond motifs is 1. The molecule has 11 nitrogen and oxygen atoms in total. The Morgan fingerprint density at radius 2 is 2.18 bits per heavy atom. The molecule has 0 spiro atoms. The number of thioether (sulfide) groups is 1. The van der Waals surface area contributed by atoms with Gasteiger partial charge in [0.05, 0.1) is 24.7 Å². The minimum absolute atomic E-state index is 0.00457. The summed E-state index contributed by atoms with van der Waals surface area (Å²) in [6.45, 7) is 3.93. The molecule has 158 valence electrons. The van der Waals surface area contributed by atoms with Gasteiger partial charge in [-0.15, -0.1) is 11.8 Å². The van der Waals surface area contributed by atoms with Crippen molar-refractivity contribution in [2.75, 3.05) is 13.2 Å². The molecule has 0 aliphatic carbocycles. The van der Waals surface area contributed by atoms with Crippen molar-refractivity contribution >= 4 is 33.9 Å². The van der Waals surface area contributed by atoms with E-state index in [0.717, 1.165) is 0 Å². The van der Waals surface area contributed by atoms with Crippen molar-refractivity contribution in [3.05, 3.63) is 10.6 Å². The summed E-state index contributed by atoms with van der Waals surface area (Å²) >= 11 is 1.38. The molecule has 2 fully saturated rings. The van der Waals surface area contributed by atoms with Crippen LogP contribution in [0.4, 0.5) is 0 Å². The summed E-state index contributed by atoms with van der Waals surface area (Å²) < 4.78 is 29.8. The third kappa shape index (κ3) is 4.06. The molecule has 0 aromatic rings. The summed E-state index contributed by atoms with van der Waals surface area (Å²) in [4.78, 5) is 32.3. The van der Waals surface area contributed by atoms with Gasteiger partial charge >= 0.3 is 16.3 Å². The van der Waals surface area contributed by atoms with Crippen molar-refractivity contribution < 1.29 is 37.6 Å². The Kier molecular flexibility index (Phi) is 6.06. The van der Waals surface area contributed by atoms with Gasteiger partial charge in [0.2, 0.25) is 5.91 Å². The van der Waals surface area contributed by atoms with Gasteiger partial charge in [-0.3, -0.25) is 14.2 Å². The number of hydrogen-bond donors (Lipinski definition) is 5. The van der Waals surface area contributed by atoms with Gasteiger partial charge in [-0.05, 0) is 13.3 Å². The number of carbonyl (C=O) groups excluding carboxylic acids is 1. The molecule has 0 bridgehead atoms. The Labute approximate surface area is 166 Å². The van der Waals surface area contributed by atoms with Crippen LogP contribution in [0.25, 0.3) is 0 Å². The normalized spacial score (nSPS) is 33.8. The van der Waals surface area contributed by atoms with Crippen LogP contribution in [-0.4, -0.2) is 76.5 Å². The van der Waals surface area contributed by atoms with Crippen molar-refractivity contribution in [1.29, 1.82) is 0 Å². The smallest absolute Gasteiger partial charge is 0.355 e. The fourth-order valence-electron chi connectivity index (χ4n) is 4.07. The van der Waals surface area contributed by atoms with Gasteiger partial charge < -0.3 is 20.4 Å². The number of nitrogens with zero attached hydrogens (tertiary/aromatic N) is 1. The molecule has 2 saturated heterocycles. The second-order valence-corrected chi connectivity index (χ2v) is 9.68. The van der Waals surface area contributed by atoms with E-state index in [-0.39, 0.29) is 41.5 Å². The Hall–Kier alpha value is -1.22. The van der Waals surface area contributed by atoms with E-state index in [0.29, 0.717) is 17.9 Å². The third-order valence-corrected chi connectivity index (χ3v) is 7.08. The molecule has 1 amide bonds. The summed E-state index contributed by atoms with van der Waals surface area (Å²) in [6, 6.07) is -0.533. The molecule has 28 heavy (non-hydrogen) atoms. The molecule has 3 heterocycles. The van der Waals surface area contributed by atoms with Gasteiger partial charge in [-0.25, -0.2) is 4.79 Å². The number of aliphatic carboxylic acids is 1. The van der Waals surface area contributed by atoms with Crippen molar-refractivity contribution in [2.45, 2.75) is 43.7 Å². The molecular formula is C15H23N3O8S2. The van der Waals surface area contributed by atoms with E-state index >= 15 is 0 Å². The number of β-lactam (4-membered cyclic amide) rings is 1. The summed E-state index contributed by atoms with van der Waals surface area (Å²) in [5.41, 5.74) is -0.0165. The van der Waals surface area contributed by atoms with E-state index < -0.39 is 28.3 Å². The summed E-state index contributed by atoms with van der Waals surface area (Å²) in [7, 11) is -4.43. The minimum Gasteiger partial charge on any atom is -0.477 e. The Morgan fingerprint density at radius 1 is 1.50 bits per heavy atom. The summed E-state index contributed by atoms with van der Waals surface area (Å²) in [6.07, 6.45) is -0.264. The highest BCUT2D eigenvalue weighted by molar-refractivity contribution is 8.03. The number of hydrogen-bond acceptors (Lipinski definition) is 8. The zero-order valence-electron chi connectivity index (χ0n) is 15.2. The standard InChI is InChI=1S/C15H23N3O8S2/c1-6-11-10(7(2)19)14(20)18(11)12(15(21)22)13(6)27-9-3-8(16-4-9)5-26-17-28(23,24)25/h6-11,16-17,19H,3-5H2,1-2H3,(H,21,22)(H,23,24,25)/t6-,7-,8-,9+,10-,11-/m1/s1. The molecule has 13 heteroatoms. The van der Waals surface area contributed by atoms with Gasteiger partial charge in [0.25, 0.3) is 0 Å². The lowest BCUT2D eigenvalue weighted by Gasteiger charge is -2.46. The van der Waals surface area contributed by atoms with Crippen molar-refractivity contribution in [3.63, 3.8) is 0 Å². The highest BCUT2D eigenvalue weighted by Crippen LogP contribution is 2.51. The molecule has 3 rings (SSSR count). The van der Waals surface area contributed by atoms with Crippen LogP contribution in [0.1, 0.15) is 20.3 Å². The lowest BCUT2D eigenvalue weighted by Crippen LogP contribution is -2.63. The van der Waals surface area contributed by atoms with Crippen molar-refractivity contribution in [2.24, 2.45) is 11.8 Å². The highest BCUT2D eigenvalue weighted by Gasteiger charge is 2.60. The maximum Gasteiger partial charge on any atom is 0.355 e. The van der Waals surface area contributed by atoms with Crippen LogP contribution >= 0.6 is 11.8 Å². The SMILES string of the molecule is C[C@@H](O)[C@H]1C(=O)N2C(C(=O)O)=C(S[C@@H]3CN[C@@H](CONS(=O)(=O)O)C3)[C@H](C)[C@H]12. The zero-order chi connectivity index (χ0) is 20.8. The number of carboxylic acid groups (broad SMARTS) is 1. The predicted octanol–water partition coefficient (Wildman–Crippen LogP) is -1.07. The number of rotatable bonds is 8. The number of carboxylic acids is 1. The van der Waals surface area contributed by atoms with Gasteiger partial charge in [0, 0.05) is 28.7 Å². The Morgan fingerprint density at radius 3 is 2.75 bits per heavy atom. The van der Waals surface area contributed by atoms with E-state index in [1.165, 1.54) is 28.5 Å². The third-order valence-electron chi connectivity index (χ3n) is 5.24. The first-order valence-corrected chi connectivity index (χ1v) is 11.1. The summed E-state index contributed by atoms with van der Waals surface area (Å²) in [5.74, 6) is -2.34. The quantitative estimate of drug-likeness (QED) is 0.179. The van der Waals surface area contributed by atoms with Gasteiger partial charge in [0.1, 0.15) is 5.70 Å². The van der Waals surface area contributed by atoms with E-state index in [9.17, 15) is 28.2 Å². The fourth-order valence-corrected chi connectivity index (χ4v) is 5.80. The lowest BCUT2D eigenvalue weighted by atomic mass is 9.79. The van der Waals surface area contributed by atoms with Crippen LogP contribution in [0, 0.1) is 11.8 Å². The molecule has 6 atom stereocenters. The monoisotopic (exact) mass is 437 g/mol. The first-order valence-electron chi connectivity index (χ1n) is 8.76. The largest absolute Gasteiger partial charge is 0.477 e. The molecule has 0 aromatic heterocycles. The maximum atomic E-state index is 12.3. The first kappa shape index (κ1) is 21.5. The molecule has 3 aliphatic heterocycles. The van der Waals surface area contributed by atoms with Crippen LogP contribution in [-0.2, 0) is 24.7 Å². The number of aliphatic hydroxyl groups is 1. The Bertz CT molecular complexity index is 799. The molecular weight excluding hydrogens is 414 g/mol. The average molecular weight is 437 g/mol. The van der Waals surface area contributed by atoms with E-state index in [1.807, 2.05) is 6.92 Å². The van der Waals surface area contributed by atoms with Crippen LogP contribution in [0.2, 0.25) is 0 Å².